The third-order valence-electron chi connectivity index (χ3n) is 2.90. The monoisotopic (exact) mass is 324 g/mol. The van der Waals surface area contributed by atoms with Crippen LogP contribution in [0.25, 0.3) is 11.0 Å². The molecular formula is C14H13ClN2O5. The summed E-state index contributed by atoms with van der Waals surface area (Å²) in [7, 11) is 1.36. The molecule has 7 nitrogen and oxygen atoms in total. The van der Waals surface area contributed by atoms with Crippen LogP contribution in [0.3, 0.4) is 0 Å². The predicted octanol–water partition coefficient (Wildman–Crippen LogP) is 2.01. The van der Waals surface area contributed by atoms with Gasteiger partial charge in [-0.3, -0.25) is 10.1 Å². The highest BCUT2D eigenvalue weighted by molar-refractivity contribution is 6.31. The van der Waals surface area contributed by atoms with Gasteiger partial charge < -0.3 is 14.5 Å². The maximum absolute atomic E-state index is 12.0. The molecule has 0 bridgehead atoms. The second kappa shape index (κ2) is 6.48. The lowest BCUT2D eigenvalue weighted by atomic mass is 10.1. The average Bonchev–Trinajstić information content (AvgIpc) is 2.81. The first-order valence-electron chi connectivity index (χ1n) is 6.29. The molecule has 0 unspecified atom stereocenters. The number of urea groups is 1. The Morgan fingerprint density at radius 3 is 2.73 bits per heavy atom. The van der Waals surface area contributed by atoms with E-state index < -0.39 is 24.5 Å². The number of imide groups is 1. The zero-order valence-corrected chi connectivity index (χ0v) is 12.6. The number of esters is 1. The van der Waals surface area contributed by atoms with Crippen molar-refractivity contribution < 1.29 is 23.5 Å². The topological polar surface area (TPSA) is 97.6 Å². The van der Waals surface area contributed by atoms with Gasteiger partial charge in [0.15, 0.2) is 6.61 Å². The minimum Gasteiger partial charge on any atom is -0.450 e. The molecule has 2 rings (SSSR count). The molecule has 2 aromatic rings. The Balaban J connectivity index is 2.08. The number of nitrogens with one attached hydrogen (secondary N) is 2. The van der Waals surface area contributed by atoms with E-state index in [9.17, 15) is 14.4 Å². The zero-order chi connectivity index (χ0) is 16.3. The second-order valence-electron chi connectivity index (χ2n) is 4.40. The van der Waals surface area contributed by atoms with Crippen LogP contribution >= 0.6 is 11.6 Å². The highest BCUT2D eigenvalue weighted by Gasteiger charge is 2.20. The number of aryl methyl sites for hydroxylation is 1. The SMILES string of the molecule is CNC(=O)NC(=O)COC(=O)c1oc2ccc(Cl)cc2c1C. The van der Waals surface area contributed by atoms with Crippen molar-refractivity contribution in [3.8, 4) is 0 Å². The summed E-state index contributed by atoms with van der Waals surface area (Å²) in [4.78, 5) is 34.2. The molecule has 0 aliphatic rings. The highest BCUT2D eigenvalue weighted by atomic mass is 35.5. The highest BCUT2D eigenvalue weighted by Crippen LogP contribution is 2.28. The smallest absolute Gasteiger partial charge is 0.375 e. The van der Waals surface area contributed by atoms with Crippen LogP contribution in [-0.2, 0) is 9.53 Å². The number of ether oxygens (including phenoxy) is 1. The fourth-order valence-electron chi connectivity index (χ4n) is 1.81. The van der Waals surface area contributed by atoms with E-state index in [4.69, 9.17) is 20.8 Å². The molecular weight excluding hydrogens is 312 g/mol. The molecule has 0 radical (unpaired) electrons. The lowest BCUT2D eigenvalue weighted by Gasteiger charge is -2.04. The molecule has 0 saturated heterocycles. The summed E-state index contributed by atoms with van der Waals surface area (Å²) >= 11 is 5.90. The maximum Gasteiger partial charge on any atom is 0.375 e. The summed E-state index contributed by atoms with van der Waals surface area (Å²) in [5.41, 5.74) is 1.05. The van der Waals surface area contributed by atoms with E-state index in [1.54, 1.807) is 25.1 Å². The largest absolute Gasteiger partial charge is 0.450 e. The Kier molecular flexibility index (Phi) is 4.67. The number of hydrogen-bond acceptors (Lipinski definition) is 5. The third-order valence-corrected chi connectivity index (χ3v) is 3.13. The lowest BCUT2D eigenvalue weighted by Crippen LogP contribution is -2.39. The van der Waals surface area contributed by atoms with Crippen LogP contribution in [0.2, 0.25) is 5.02 Å². The standard InChI is InChI=1S/C14H13ClN2O5/c1-7-9-5-8(15)3-4-10(9)22-12(7)13(19)21-6-11(18)17-14(20)16-2/h3-5H,6H2,1-2H3,(H2,16,17,18,20). The number of amides is 3. The summed E-state index contributed by atoms with van der Waals surface area (Å²) in [5.74, 6) is -1.55. The molecule has 1 aromatic carbocycles. The number of halogens is 1. The summed E-state index contributed by atoms with van der Waals surface area (Å²) in [6.45, 7) is 1.09. The van der Waals surface area contributed by atoms with Gasteiger partial charge in [0.05, 0.1) is 0 Å². The molecule has 0 aliphatic carbocycles. The first-order chi connectivity index (χ1) is 10.4. The van der Waals surface area contributed by atoms with E-state index in [2.05, 4.69) is 5.32 Å². The number of furan rings is 1. The molecule has 0 aliphatic heterocycles. The fourth-order valence-corrected chi connectivity index (χ4v) is 1.98. The molecule has 0 saturated carbocycles. The van der Waals surface area contributed by atoms with Crippen molar-refractivity contribution in [3.63, 3.8) is 0 Å². The number of fused-ring (bicyclic) bond motifs is 1. The van der Waals surface area contributed by atoms with Gasteiger partial charge in [0.2, 0.25) is 5.76 Å². The number of hydrogen-bond donors (Lipinski definition) is 2. The summed E-state index contributed by atoms with van der Waals surface area (Å²) in [5, 5.41) is 5.38. The maximum atomic E-state index is 12.0. The van der Waals surface area contributed by atoms with Gasteiger partial charge in [-0.25, -0.2) is 9.59 Å². The van der Waals surface area contributed by atoms with Crippen LogP contribution in [0.1, 0.15) is 16.1 Å². The summed E-state index contributed by atoms with van der Waals surface area (Å²) in [6, 6.07) is 4.26. The number of carbonyl (C=O) groups excluding carboxylic acids is 3. The molecule has 0 fully saturated rings. The van der Waals surface area contributed by atoms with Crippen molar-refractivity contribution in [2.24, 2.45) is 0 Å². The van der Waals surface area contributed by atoms with Crippen molar-refractivity contribution in [2.75, 3.05) is 13.7 Å². The van der Waals surface area contributed by atoms with E-state index in [-0.39, 0.29) is 5.76 Å². The van der Waals surface area contributed by atoms with Crippen LogP contribution < -0.4 is 10.6 Å². The first kappa shape index (κ1) is 15.8. The molecule has 8 heteroatoms. The lowest BCUT2D eigenvalue weighted by molar-refractivity contribution is -0.123. The Morgan fingerprint density at radius 1 is 1.32 bits per heavy atom. The first-order valence-corrected chi connectivity index (χ1v) is 6.67. The van der Waals surface area contributed by atoms with Gasteiger partial charge in [-0.05, 0) is 25.1 Å². The van der Waals surface area contributed by atoms with Crippen LogP contribution in [-0.4, -0.2) is 31.6 Å². The van der Waals surface area contributed by atoms with Gasteiger partial charge in [0.1, 0.15) is 5.58 Å². The van der Waals surface area contributed by atoms with Crippen LogP contribution in [0.5, 0.6) is 0 Å². The summed E-state index contributed by atoms with van der Waals surface area (Å²) < 4.78 is 10.2. The van der Waals surface area contributed by atoms with Crippen molar-refractivity contribution in [3.05, 3.63) is 34.5 Å². The Morgan fingerprint density at radius 2 is 2.05 bits per heavy atom. The van der Waals surface area contributed by atoms with Gasteiger partial charge >= 0.3 is 12.0 Å². The van der Waals surface area contributed by atoms with Crippen LogP contribution in [0.15, 0.2) is 22.6 Å². The van der Waals surface area contributed by atoms with Crippen molar-refractivity contribution in [1.29, 1.82) is 0 Å². The van der Waals surface area contributed by atoms with Crippen molar-refractivity contribution in [2.45, 2.75) is 6.92 Å². The van der Waals surface area contributed by atoms with Gasteiger partial charge in [0.25, 0.3) is 5.91 Å². The molecule has 0 atom stereocenters. The second-order valence-corrected chi connectivity index (χ2v) is 4.84. The Hall–Kier alpha value is -2.54. The normalized spacial score (nSPS) is 10.3. The van der Waals surface area contributed by atoms with Crippen LogP contribution in [0, 0.1) is 6.92 Å². The average molecular weight is 325 g/mol. The van der Waals surface area contributed by atoms with Gasteiger partial charge in [-0.2, -0.15) is 0 Å². The molecule has 3 amide bonds. The molecule has 1 aromatic heterocycles. The minimum absolute atomic E-state index is 0.00925. The number of carbonyl (C=O) groups is 3. The third kappa shape index (κ3) is 3.37. The Labute approximate surface area is 130 Å². The van der Waals surface area contributed by atoms with E-state index in [1.165, 1.54) is 7.05 Å². The van der Waals surface area contributed by atoms with Crippen LogP contribution in [0.4, 0.5) is 4.79 Å². The fraction of sp³-hybridized carbons (Fsp3) is 0.214. The van der Waals surface area contributed by atoms with Gasteiger partial charge in [-0.15, -0.1) is 0 Å². The molecule has 116 valence electrons. The Bertz CT molecular complexity index is 753. The van der Waals surface area contributed by atoms with Crippen molar-refractivity contribution in [1.82, 2.24) is 10.6 Å². The van der Waals surface area contributed by atoms with Crippen molar-refractivity contribution >= 4 is 40.5 Å². The molecule has 0 spiro atoms. The minimum atomic E-state index is -0.795. The molecule has 22 heavy (non-hydrogen) atoms. The number of rotatable bonds is 3. The molecule has 2 N–H and O–H groups in total. The van der Waals surface area contributed by atoms with E-state index in [0.717, 1.165) is 0 Å². The van der Waals surface area contributed by atoms with E-state index in [0.29, 0.717) is 21.6 Å². The van der Waals surface area contributed by atoms with E-state index in [1.807, 2.05) is 5.32 Å². The predicted molar refractivity (Wildman–Crippen MR) is 78.8 cm³/mol. The number of benzene rings is 1. The quantitative estimate of drug-likeness (QED) is 0.842. The van der Waals surface area contributed by atoms with Gasteiger partial charge in [-0.1, -0.05) is 11.6 Å². The summed E-state index contributed by atoms with van der Waals surface area (Å²) in [6.07, 6.45) is 0. The van der Waals surface area contributed by atoms with E-state index >= 15 is 0 Å². The van der Waals surface area contributed by atoms with Gasteiger partial charge in [0, 0.05) is 23.0 Å². The molecule has 1 heterocycles. The zero-order valence-electron chi connectivity index (χ0n) is 11.9.